The Bertz CT molecular complexity index is 196. The summed E-state index contributed by atoms with van der Waals surface area (Å²) in [6, 6.07) is 0. The molecule has 68 valence electrons. The number of hydrogen-bond donors (Lipinski definition) is 0. The minimum atomic E-state index is 0.667. The van der Waals surface area contributed by atoms with Crippen LogP contribution < -0.4 is 0 Å². The highest BCUT2D eigenvalue weighted by Crippen LogP contribution is 2.22. The Hall–Kier alpha value is -0.520. The van der Waals surface area contributed by atoms with Gasteiger partial charge >= 0.3 is 0 Å². The van der Waals surface area contributed by atoms with Crippen LogP contribution in [0.1, 0.15) is 46.5 Å². The molecular formula is C12H20. The second-order valence-corrected chi connectivity index (χ2v) is 3.81. The molecule has 1 rings (SSSR count). The standard InChI is InChI=1S/C12H20/c1-4-12-8-6-5-7-10(2)11(3)9-12/h7,9,11H,4-6,8H2,1-3H3. The second-order valence-electron chi connectivity index (χ2n) is 3.81. The fourth-order valence-electron chi connectivity index (χ4n) is 1.71. The van der Waals surface area contributed by atoms with Gasteiger partial charge in [0.2, 0.25) is 0 Å². The summed E-state index contributed by atoms with van der Waals surface area (Å²) >= 11 is 0. The fraction of sp³-hybridized carbons (Fsp3) is 0.667. The Labute approximate surface area is 76.4 Å². The molecule has 0 saturated carbocycles. The van der Waals surface area contributed by atoms with Gasteiger partial charge in [-0.1, -0.05) is 37.1 Å². The van der Waals surface area contributed by atoms with E-state index in [1.807, 2.05) is 0 Å². The molecule has 0 N–H and O–H groups in total. The van der Waals surface area contributed by atoms with Crippen LogP contribution in [-0.4, -0.2) is 0 Å². The van der Waals surface area contributed by atoms with Crippen molar-refractivity contribution in [3.63, 3.8) is 0 Å². The van der Waals surface area contributed by atoms with Crippen LogP contribution in [0, 0.1) is 5.92 Å². The highest BCUT2D eigenvalue weighted by atomic mass is 14.1. The fourth-order valence-corrected chi connectivity index (χ4v) is 1.71. The van der Waals surface area contributed by atoms with Crippen LogP contribution in [0.15, 0.2) is 23.3 Å². The third-order valence-electron chi connectivity index (χ3n) is 2.83. The molecule has 0 heterocycles. The molecule has 0 nitrogen and oxygen atoms in total. The zero-order valence-corrected chi connectivity index (χ0v) is 8.56. The van der Waals surface area contributed by atoms with Gasteiger partial charge in [-0.25, -0.2) is 0 Å². The summed E-state index contributed by atoms with van der Waals surface area (Å²) in [7, 11) is 0. The highest BCUT2D eigenvalue weighted by molar-refractivity contribution is 5.16. The van der Waals surface area contributed by atoms with E-state index in [2.05, 4.69) is 32.9 Å². The zero-order valence-electron chi connectivity index (χ0n) is 8.56. The normalized spacial score (nSPS) is 25.4. The Morgan fingerprint density at radius 3 is 2.92 bits per heavy atom. The molecule has 0 saturated heterocycles. The van der Waals surface area contributed by atoms with E-state index in [1.165, 1.54) is 25.7 Å². The van der Waals surface area contributed by atoms with Gasteiger partial charge in [0.05, 0.1) is 0 Å². The first-order chi connectivity index (χ1) is 5.74. The van der Waals surface area contributed by atoms with Crippen molar-refractivity contribution in [1.29, 1.82) is 0 Å². The van der Waals surface area contributed by atoms with Crippen molar-refractivity contribution >= 4 is 0 Å². The molecule has 1 atom stereocenters. The van der Waals surface area contributed by atoms with Gasteiger partial charge in [0, 0.05) is 0 Å². The van der Waals surface area contributed by atoms with Crippen LogP contribution in [0.4, 0.5) is 0 Å². The van der Waals surface area contributed by atoms with Crippen molar-refractivity contribution in [2.75, 3.05) is 0 Å². The third kappa shape index (κ3) is 2.51. The van der Waals surface area contributed by atoms with Gasteiger partial charge in [-0.3, -0.25) is 0 Å². The van der Waals surface area contributed by atoms with E-state index in [-0.39, 0.29) is 0 Å². The average Bonchev–Trinajstić information content (AvgIpc) is 2.06. The van der Waals surface area contributed by atoms with Crippen LogP contribution in [0.2, 0.25) is 0 Å². The molecule has 1 unspecified atom stereocenters. The smallest absolute Gasteiger partial charge is 0.00518 e. The SMILES string of the molecule is CCC1=CC(C)C(C)=CCCC1. The topological polar surface area (TPSA) is 0 Å². The molecule has 0 aromatic carbocycles. The van der Waals surface area contributed by atoms with E-state index >= 15 is 0 Å². The Balaban J connectivity index is 2.72. The quantitative estimate of drug-likeness (QED) is 0.512. The number of rotatable bonds is 1. The summed E-state index contributed by atoms with van der Waals surface area (Å²) in [6.45, 7) is 6.81. The van der Waals surface area contributed by atoms with Gasteiger partial charge in [0.25, 0.3) is 0 Å². The van der Waals surface area contributed by atoms with E-state index in [9.17, 15) is 0 Å². The molecular weight excluding hydrogens is 144 g/mol. The van der Waals surface area contributed by atoms with Crippen molar-refractivity contribution in [3.8, 4) is 0 Å². The summed E-state index contributed by atoms with van der Waals surface area (Å²) in [4.78, 5) is 0. The summed E-state index contributed by atoms with van der Waals surface area (Å²) in [5, 5.41) is 0. The van der Waals surface area contributed by atoms with E-state index in [1.54, 1.807) is 11.1 Å². The molecule has 0 bridgehead atoms. The molecule has 0 aliphatic heterocycles. The predicted octanol–water partition coefficient (Wildman–Crippen LogP) is 4.09. The minimum Gasteiger partial charge on any atom is -0.0850 e. The monoisotopic (exact) mass is 164 g/mol. The second kappa shape index (κ2) is 4.49. The van der Waals surface area contributed by atoms with Crippen molar-refractivity contribution in [3.05, 3.63) is 23.3 Å². The van der Waals surface area contributed by atoms with Crippen LogP contribution >= 0.6 is 0 Å². The molecule has 1 aliphatic carbocycles. The first-order valence-corrected chi connectivity index (χ1v) is 5.10. The first kappa shape index (κ1) is 9.57. The maximum Gasteiger partial charge on any atom is -0.00518 e. The van der Waals surface area contributed by atoms with E-state index in [4.69, 9.17) is 0 Å². The van der Waals surface area contributed by atoms with Gasteiger partial charge in [-0.2, -0.15) is 0 Å². The predicted molar refractivity (Wildman–Crippen MR) is 55.1 cm³/mol. The van der Waals surface area contributed by atoms with Gasteiger partial charge in [-0.05, 0) is 38.5 Å². The lowest BCUT2D eigenvalue weighted by molar-refractivity contribution is 0.736. The van der Waals surface area contributed by atoms with Crippen LogP contribution in [0.3, 0.4) is 0 Å². The highest BCUT2D eigenvalue weighted by Gasteiger charge is 2.05. The Morgan fingerprint density at radius 2 is 2.25 bits per heavy atom. The summed E-state index contributed by atoms with van der Waals surface area (Å²) < 4.78 is 0. The zero-order chi connectivity index (χ0) is 8.97. The van der Waals surface area contributed by atoms with Gasteiger partial charge in [-0.15, -0.1) is 0 Å². The maximum absolute atomic E-state index is 2.45. The van der Waals surface area contributed by atoms with Gasteiger partial charge in [0.1, 0.15) is 0 Å². The maximum atomic E-state index is 2.45. The largest absolute Gasteiger partial charge is 0.0850 e. The Morgan fingerprint density at radius 1 is 1.50 bits per heavy atom. The lowest BCUT2D eigenvalue weighted by Gasteiger charge is -2.14. The van der Waals surface area contributed by atoms with Crippen molar-refractivity contribution in [1.82, 2.24) is 0 Å². The molecule has 0 fully saturated rings. The summed E-state index contributed by atoms with van der Waals surface area (Å²) in [5.41, 5.74) is 3.19. The van der Waals surface area contributed by atoms with Gasteiger partial charge in [0.15, 0.2) is 0 Å². The molecule has 0 heteroatoms. The molecule has 0 radical (unpaired) electrons. The number of hydrogen-bond acceptors (Lipinski definition) is 0. The lowest BCUT2D eigenvalue weighted by Crippen LogP contribution is -1.97. The van der Waals surface area contributed by atoms with E-state index in [0.29, 0.717) is 5.92 Å². The molecule has 12 heavy (non-hydrogen) atoms. The minimum absolute atomic E-state index is 0.667. The molecule has 0 aromatic rings. The van der Waals surface area contributed by atoms with Crippen LogP contribution in [0.5, 0.6) is 0 Å². The molecule has 0 aromatic heterocycles. The molecule has 0 amide bonds. The molecule has 1 aliphatic rings. The lowest BCUT2D eigenvalue weighted by atomic mass is 9.92. The van der Waals surface area contributed by atoms with Crippen molar-refractivity contribution < 1.29 is 0 Å². The average molecular weight is 164 g/mol. The van der Waals surface area contributed by atoms with E-state index in [0.717, 1.165) is 0 Å². The number of allylic oxidation sites excluding steroid dienone is 4. The van der Waals surface area contributed by atoms with Crippen molar-refractivity contribution in [2.24, 2.45) is 5.92 Å². The molecule has 0 spiro atoms. The van der Waals surface area contributed by atoms with Gasteiger partial charge < -0.3 is 0 Å². The summed E-state index contributed by atoms with van der Waals surface area (Å²) in [6.07, 6.45) is 10.00. The van der Waals surface area contributed by atoms with Crippen molar-refractivity contribution in [2.45, 2.75) is 46.5 Å². The van der Waals surface area contributed by atoms with Crippen LogP contribution in [0.25, 0.3) is 0 Å². The first-order valence-electron chi connectivity index (χ1n) is 5.10. The third-order valence-corrected chi connectivity index (χ3v) is 2.83. The Kier molecular flexibility index (Phi) is 3.58. The van der Waals surface area contributed by atoms with Crippen LogP contribution in [-0.2, 0) is 0 Å². The van der Waals surface area contributed by atoms with E-state index < -0.39 is 0 Å². The summed E-state index contributed by atoms with van der Waals surface area (Å²) in [5.74, 6) is 0.667.